The van der Waals surface area contributed by atoms with Crippen LogP contribution in [0.5, 0.6) is 0 Å². The van der Waals surface area contributed by atoms with Crippen LogP contribution in [-0.2, 0) is 16.1 Å². The largest absolute Gasteiger partial charge is 0.322 e. The van der Waals surface area contributed by atoms with Crippen molar-refractivity contribution < 1.29 is 9.59 Å². The molecule has 2 rings (SSSR count). The highest BCUT2D eigenvalue weighted by molar-refractivity contribution is 5.90. The molecule has 2 heterocycles. The Morgan fingerprint density at radius 2 is 2.22 bits per heavy atom. The highest BCUT2D eigenvalue weighted by atomic mass is 16.2. The summed E-state index contributed by atoms with van der Waals surface area (Å²) in [4.78, 5) is 23.5. The van der Waals surface area contributed by atoms with E-state index in [4.69, 9.17) is 0 Å². The van der Waals surface area contributed by atoms with Gasteiger partial charge in [-0.3, -0.25) is 14.7 Å². The predicted molar refractivity (Wildman–Crippen MR) is 61.5 cm³/mol. The van der Waals surface area contributed by atoms with Gasteiger partial charge in [-0.1, -0.05) is 0 Å². The van der Waals surface area contributed by atoms with Gasteiger partial charge in [0.25, 0.3) is 0 Å². The van der Waals surface area contributed by atoms with Gasteiger partial charge in [0.05, 0.1) is 18.1 Å². The third-order valence-corrected chi connectivity index (χ3v) is 1.91. The maximum atomic E-state index is 11.6. The van der Waals surface area contributed by atoms with E-state index in [1.165, 1.54) is 24.1 Å². The lowest BCUT2D eigenvalue weighted by Crippen LogP contribution is -2.20. The molecule has 94 valence electrons. The molecule has 0 saturated heterocycles. The van der Waals surface area contributed by atoms with Gasteiger partial charge < -0.3 is 10.6 Å². The summed E-state index contributed by atoms with van der Waals surface area (Å²) in [5.41, 5.74) is 0.564. The van der Waals surface area contributed by atoms with E-state index in [1.54, 1.807) is 6.20 Å². The van der Waals surface area contributed by atoms with Gasteiger partial charge in [-0.15, -0.1) is 5.10 Å². The first-order valence-corrected chi connectivity index (χ1v) is 5.10. The summed E-state index contributed by atoms with van der Waals surface area (Å²) in [5.74, 6) is -0.232. The Morgan fingerprint density at radius 3 is 2.89 bits per heavy atom. The maximum absolute atomic E-state index is 11.6. The molecule has 0 aliphatic heterocycles. The minimum Gasteiger partial charge on any atom is -0.322 e. The van der Waals surface area contributed by atoms with Crippen molar-refractivity contribution in [1.29, 1.82) is 0 Å². The number of carbonyl (C=O) groups excluding carboxylic acids is 2. The SMILES string of the molecule is CC(=O)Nc1cnn(CC(=O)Nc2cn[nH]c2)n1. The number of rotatable bonds is 4. The molecule has 0 bridgehead atoms. The van der Waals surface area contributed by atoms with Crippen LogP contribution in [0.3, 0.4) is 0 Å². The molecule has 9 heteroatoms. The first-order valence-electron chi connectivity index (χ1n) is 5.10. The number of nitrogens with zero attached hydrogens (tertiary/aromatic N) is 4. The zero-order valence-electron chi connectivity index (χ0n) is 9.54. The second-order valence-electron chi connectivity index (χ2n) is 3.48. The minimum absolute atomic E-state index is 0.0508. The lowest BCUT2D eigenvalue weighted by molar-refractivity contribution is -0.117. The summed E-state index contributed by atoms with van der Waals surface area (Å²) in [6.45, 7) is 1.31. The summed E-state index contributed by atoms with van der Waals surface area (Å²) in [6, 6.07) is 0. The van der Waals surface area contributed by atoms with Crippen LogP contribution in [0.25, 0.3) is 0 Å². The number of nitrogens with one attached hydrogen (secondary N) is 3. The average molecular weight is 249 g/mol. The van der Waals surface area contributed by atoms with E-state index >= 15 is 0 Å². The molecular weight excluding hydrogens is 238 g/mol. The fraction of sp³-hybridized carbons (Fsp3) is 0.222. The van der Waals surface area contributed by atoms with Crippen molar-refractivity contribution in [3.05, 3.63) is 18.6 Å². The maximum Gasteiger partial charge on any atom is 0.248 e. The highest BCUT2D eigenvalue weighted by Crippen LogP contribution is 2.02. The molecule has 0 aliphatic carbocycles. The number of carbonyl (C=O) groups is 2. The van der Waals surface area contributed by atoms with E-state index in [-0.39, 0.29) is 18.4 Å². The fourth-order valence-corrected chi connectivity index (χ4v) is 1.26. The number of aromatic nitrogens is 5. The number of hydrogen-bond acceptors (Lipinski definition) is 5. The normalized spacial score (nSPS) is 10.1. The van der Waals surface area contributed by atoms with Crippen LogP contribution in [0.4, 0.5) is 11.5 Å². The van der Waals surface area contributed by atoms with E-state index in [1.807, 2.05) is 0 Å². The van der Waals surface area contributed by atoms with Gasteiger partial charge in [-0.25, -0.2) is 0 Å². The Bertz CT molecular complexity index is 545. The van der Waals surface area contributed by atoms with Gasteiger partial charge in [-0.05, 0) is 0 Å². The van der Waals surface area contributed by atoms with E-state index < -0.39 is 0 Å². The standard InChI is InChI=1S/C9H11N7O2/c1-6(17)13-8-4-12-16(15-8)5-9(18)14-7-2-10-11-3-7/h2-4H,5H2,1H3,(H,10,11)(H,14,18)(H,13,15,17). The Labute approximate surface area is 102 Å². The number of amides is 2. The van der Waals surface area contributed by atoms with E-state index in [0.29, 0.717) is 11.5 Å². The molecule has 0 fully saturated rings. The molecule has 2 aromatic rings. The minimum atomic E-state index is -0.290. The van der Waals surface area contributed by atoms with Gasteiger partial charge >= 0.3 is 0 Å². The Balaban J connectivity index is 1.91. The molecule has 2 amide bonds. The van der Waals surface area contributed by atoms with Gasteiger partial charge in [0.1, 0.15) is 6.54 Å². The molecule has 0 unspecified atom stereocenters. The number of anilines is 2. The molecule has 18 heavy (non-hydrogen) atoms. The Hall–Kier alpha value is -2.71. The van der Waals surface area contributed by atoms with Crippen LogP contribution in [-0.4, -0.2) is 37.0 Å². The van der Waals surface area contributed by atoms with E-state index in [2.05, 4.69) is 31.0 Å². The summed E-state index contributed by atoms with van der Waals surface area (Å²) in [6.07, 6.45) is 4.40. The molecule has 0 aliphatic rings. The smallest absolute Gasteiger partial charge is 0.248 e. The molecular formula is C9H11N7O2. The lowest BCUT2D eigenvalue weighted by atomic mass is 10.5. The molecule has 0 atom stereocenters. The lowest BCUT2D eigenvalue weighted by Gasteiger charge is -2.00. The van der Waals surface area contributed by atoms with Crippen molar-refractivity contribution in [2.45, 2.75) is 13.5 Å². The zero-order valence-corrected chi connectivity index (χ0v) is 9.54. The molecule has 0 aromatic carbocycles. The quantitative estimate of drug-likeness (QED) is 0.681. The Morgan fingerprint density at radius 1 is 1.39 bits per heavy atom. The van der Waals surface area contributed by atoms with E-state index in [0.717, 1.165) is 0 Å². The van der Waals surface area contributed by atoms with Crippen molar-refractivity contribution in [1.82, 2.24) is 25.2 Å². The zero-order chi connectivity index (χ0) is 13.0. The van der Waals surface area contributed by atoms with Crippen molar-refractivity contribution in [3.63, 3.8) is 0 Å². The summed E-state index contributed by atoms with van der Waals surface area (Å²) in [5, 5.41) is 19.1. The molecule has 0 saturated carbocycles. The van der Waals surface area contributed by atoms with Crippen LogP contribution in [0, 0.1) is 0 Å². The topological polar surface area (TPSA) is 118 Å². The predicted octanol–water partition coefficient (Wildman–Crippen LogP) is -0.402. The first kappa shape index (κ1) is 11.8. The van der Waals surface area contributed by atoms with Gasteiger partial charge in [0, 0.05) is 13.1 Å². The number of H-pyrrole nitrogens is 1. The van der Waals surface area contributed by atoms with Crippen LogP contribution in [0.15, 0.2) is 18.6 Å². The summed E-state index contributed by atoms with van der Waals surface area (Å²) >= 11 is 0. The highest BCUT2D eigenvalue weighted by Gasteiger charge is 2.07. The second kappa shape index (κ2) is 5.08. The average Bonchev–Trinajstić information content (AvgIpc) is 2.89. The Kier molecular flexibility index (Phi) is 3.32. The van der Waals surface area contributed by atoms with Crippen LogP contribution < -0.4 is 10.6 Å². The third kappa shape index (κ3) is 3.14. The van der Waals surface area contributed by atoms with Gasteiger partial charge in [-0.2, -0.15) is 15.0 Å². The first-order chi connectivity index (χ1) is 8.63. The molecule has 2 aromatic heterocycles. The second-order valence-corrected chi connectivity index (χ2v) is 3.48. The number of hydrogen-bond donors (Lipinski definition) is 3. The number of aromatic amines is 1. The van der Waals surface area contributed by atoms with E-state index in [9.17, 15) is 9.59 Å². The monoisotopic (exact) mass is 249 g/mol. The van der Waals surface area contributed by atoms with Crippen molar-refractivity contribution in [3.8, 4) is 0 Å². The van der Waals surface area contributed by atoms with Crippen LogP contribution in [0.1, 0.15) is 6.92 Å². The van der Waals surface area contributed by atoms with Gasteiger partial charge in [0.2, 0.25) is 11.8 Å². The molecule has 9 nitrogen and oxygen atoms in total. The van der Waals surface area contributed by atoms with Gasteiger partial charge in [0.15, 0.2) is 5.82 Å². The van der Waals surface area contributed by atoms with Crippen LogP contribution in [0.2, 0.25) is 0 Å². The van der Waals surface area contributed by atoms with Crippen molar-refractivity contribution in [2.75, 3.05) is 10.6 Å². The van der Waals surface area contributed by atoms with Crippen LogP contribution >= 0.6 is 0 Å². The third-order valence-electron chi connectivity index (χ3n) is 1.91. The summed E-state index contributed by atoms with van der Waals surface area (Å²) in [7, 11) is 0. The molecule has 3 N–H and O–H groups in total. The van der Waals surface area contributed by atoms with Crippen molar-refractivity contribution in [2.24, 2.45) is 0 Å². The molecule has 0 radical (unpaired) electrons. The fourth-order valence-electron chi connectivity index (χ4n) is 1.26. The van der Waals surface area contributed by atoms with Crippen molar-refractivity contribution >= 4 is 23.3 Å². The molecule has 0 spiro atoms. The summed E-state index contributed by atoms with van der Waals surface area (Å²) < 4.78 is 0.